The van der Waals surface area contributed by atoms with Gasteiger partial charge in [-0.1, -0.05) is 0 Å². The van der Waals surface area contributed by atoms with E-state index in [4.69, 9.17) is 5.11 Å². The van der Waals surface area contributed by atoms with Gasteiger partial charge in [-0.15, -0.1) is 0 Å². The monoisotopic (exact) mass is 247 g/mol. The van der Waals surface area contributed by atoms with Crippen LogP contribution in [0.25, 0.3) is 0 Å². The Balaban J connectivity index is 2.38. The molecule has 2 aromatic rings. The van der Waals surface area contributed by atoms with E-state index in [1.54, 1.807) is 0 Å². The Bertz CT molecular complexity index is 592. The summed E-state index contributed by atoms with van der Waals surface area (Å²) in [6.45, 7) is 0. The van der Waals surface area contributed by atoms with Crippen molar-refractivity contribution in [2.75, 3.05) is 0 Å². The average Bonchev–Trinajstić information content (AvgIpc) is 2.68. The highest BCUT2D eigenvalue weighted by Gasteiger charge is 2.16. The molecular formula is C12H9NO5. The number of carbonyl (C=O) groups excluding carboxylic acids is 1. The number of carboxylic acids is 1. The van der Waals surface area contributed by atoms with Gasteiger partial charge in [0.2, 0.25) is 11.8 Å². The lowest BCUT2D eigenvalue weighted by atomic mass is 10.1. The molecule has 0 saturated carbocycles. The molecule has 6 nitrogen and oxygen atoms in total. The molecule has 0 atom stereocenters. The standard InChI is InChI=1S/C12H9NO5/c14-9-5-6-10(15)13(9)11(16)7-1-3-8(4-2-7)12(17)18/h1-6,14-15H,(H,17,18). The molecule has 92 valence electrons. The van der Waals surface area contributed by atoms with Crippen molar-refractivity contribution in [1.29, 1.82) is 0 Å². The van der Waals surface area contributed by atoms with Crippen LogP contribution in [0.15, 0.2) is 36.4 Å². The molecular weight excluding hydrogens is 238 g/mol. The largest absolute Gasteiger partial charge is 0.494 e. The Morgan fingerprint density at radius 2 is 1.28 bits per heavy atom. The van der Waals surface area contributed by atoms with Crippen molar-refractivity contribution < 1.29 is 24.9 Å². The predicted octanol–water partition coefficient (Wildman–Crippen LogP) is 1.29. The lowest BCUT2D eigenvalue weighted by molar-refractivity contribution is 0.0696. The molecule has 1 aromatic carbocycles. The van der Waals surface area contributed by atoms with Crippen molar-refractivity contribution in [2.24, 2.45) is 0 Å². The number of aromatic hydroxyl groups is 2. The fraction of sp³-hybridized carbons (Fsp3) is 0. The summed E-state index contributed by atoms with van der Waals surface area (Å²) in [6.07, 6.45) is 0. The summed E-state index contributed by atoms with van der Waals surface area (Å²) in [5.41, 5.74) is 0.203. The van der Waals surface area contributed by atoms with Crippen LogP contribution in [0.1, 0.15) is 20.7 Å². The molecule has 0 bridgehead atoms. The van der Waals surface area contributed by atoms with Crippen molar-refractivity contribution in [2.45, 2.75) is 0 Å². The van der Waals surface area contributed by atoms with Gasteiger partial charge in [0.15, 0.2) is 0 Å². The van der Waals surface area contributed by atoms with E-state index in [9.17, 15) is 19.8 Å². The second-order valence-electron chi connectivity index (χ2n) is 3.57. The van der Waals surface area contributed by atoms with Crippen LogP contribution < -0.4 is 0 Å². The normalized spacial score (nSPS) is 10.2. The van der Waals surface area contributed by atoms with Gasteiger partial charge in [0.1, 0.15) is 0 Å². The third-order valence-electron chi connectivity index (χ3n) is 2.42. The summed E-state index contributed by atoms with van der Waals surface area (Å²) >= 11 is 0. The molecule has 3 N–H and O–H groups in total. The van der Waals surface area contributed by atoms with Crippen molar-refractivity contribution in [3.8, 4) is 11.8 Å². The molecule has 0 aliphatic carbocycles. The Hall–Kier alpha value is -2.76. The first-order chi connectivity index (χ1) is 8.50. The van der Waals surface area contributed by atoms with Gasteiger partial charge in [-0.2, -0.15) is 0 Å². The van der Waals surface area contributed by atoms with Crippen LogP contribution in [-0.4, -0.2) is 31.8 Å². The minimum Gasteiger partial charge on any atom is -0.494 e. The van der Waals surface area contributed by atoms with Gasteiger partial charge in [0, 0.05) is 17.7 Å². The molecule has 0 fully saturated rings. The van der Waals surface area contributed by atoms with Gasteiger partial charge in [-0.3, -0.25) is 4.79 Å². The van der Waals surface area contributed by atoms with Crippen LogP contribution in [0.3, 0.4) is 0 Å². The summed E-state index contributed by atoms with van der Waals surface area (Å²) in [5.74, 6) is -2.52. The second kappa shape index (κ2) is 4.25. The van der Waals surface area contributed by atoms with E-state index >= 15 is 0 Å². The van der Waals surface area contributed by atoms with E-state index in [0.29, 0.717) is 0 Å². The third-order valence-corrected chi connectivity index (χ3v) is 2.42. The second-order valence-corrected chi connectivity index (χ2v) is 3.57. The van der Waals surface area contributed by atoms with Crippen LogP contribution >= 0.6 is 0 Å². The van der Waals surface area contributed by atoms with Gasteiger partial charge in [0.25, 0.3) is 5.91 Å². The van der Waals surface area contributed by atoms with E-state index in [-0.39, 0.29) is 22.9 Å². The number of rotatable bonds is 2. The number of aromatic carboxylic acids is 1. The zero-order chi connectivity index (χ0) is 13.3. The maximum Gasteiger partial charge on any atom is 0.335 e. The van der Waals surface area contributed by atoms with E-state index in [1.807, 2.05) is 0 Å². The summed E-state index contributed by atoms with van der Waals surface area (Å²) in [4.78, 5) is 22.6. The fourth-order valence-electron chi connectivity index (χ4n) is 1.51. The molecule has 0 amide bonds. The molecule has 1 aromatic heterocycles. The number of carboxylic acid groups (broad SMARTS) is 1. The fourth-order valence-corrected chi connectivity index (χ4v) is 1.51. The Kier molecular flexibility index (Phi) is 2.77. The minimum absolute atomic E-state index is 0.0486. The summed E-state index contributed by atoms with van der Waals surface area (Å²) in [7, 11) is 0. The predicted molar refractivity (Wildman–Crippen MR) is 60.9 cm³/mol. The van der Waals surface area contributed by atoms with Crippen LogP contribution in [0.4, 0.5) is 0 Å². The molecule has 2 rings (SSSR count). The Morgan fingerprint density at radius 3 is 1.72 bits per heavy atom. The molecule has 0 saturated heterocycles. The quantitative estimate of drug-likeness (QED) is 0.742. The van der Waals surface area contributed by atoms with Gasteiger partial charge in [0.05, 0.1) is 5.56 Å². The number of hydrogen-bond acceptors (Lipinski definition) is 4. The zero-order valence-electron chi connectivity index (χ0n) is 9.07. The minimum atomic E-state index is -1.10. The first kappa shape index (κ1) is 11.7. The maximum absolute atomic E-state index is 11.9. The highest BCUT2D eigenvalue weighted by Crippen LogP contribution is 2.22. The van der Waals surface area contributed by atoms with Crippen molar-refractivity contribution in [1.82, 2.24) is 4.57 Å². The number of carbonyl (C=O) groups is 2. The molecule has 0 aliphatic heterocycles. The first-order valence-electron chi connectivity index (χ1n) is 4.98. The molecule has 0 unspecified atom stereocenters. The van der Waals surface area contributed by atoms with Crippen LogP contribution in [0.5, 0.6) is 11.8 Å². The molecule has 6 heteroatoms. The highest BCUT2D eigenvalue weighted by molar-refractivity contribution is 5.98. The lowest BCUT2D eigenvalue weighted by Gasteiger charge is -2.05. The maximum atomic E-state index is 11.9. The van der Waals surface area contributed by atoms with Gasteiger partial charge in [-0.25, -0.2) is 9.36 Å². The number of hydrogen-bond donors (Lipinski definition) is 3. The lowest BCUT2D eigenvalue weighted by Crippen LogP contribution is -2.11. The van der Waals surface area contributed by atoms with Crippen LogP contribution in [-0.2, 0) is 0 Å². The summed E-state index contributed by atoms with van der Waals surface area (Å²) < 4.78 is 0.718. The van der Waals surface area contributed by atoms with Crippen molar-refractivity contribution in [3.63, 3.8) is 0 Å². The van der Waals surface area contributed by atoms with E-state index in [1.165, 1.54) is 36.4 Å². The summed E-state index contributed by atoms with van der Waals surface area (Å²) in [6, 6.07) is 7.52. The first-order valence-corrected chi connectivity index (χ1v) is 4.98. The topological polar surface area (TPSA) is 99.8 Å². The zero-order valence-corrected chi connectivity index (χ0v) is 9.07. The van der Waals surface area contributed by atoms with E-state index < -0.39 is 11.9 Å². The third kappa shape index (κ3) is 1.91. The number of aromatic nitrogens is 1. The van der Waals surface area contributed by atoms with Gasteiger partial charge < -0.3 is 15.3 Å². The van der Waals surface area contributed by atoms with Crippen molar-refractivity contribution >= 4 is 11.9 Å². The highest BCUT2D eigenvalue weighted by atomic mass is 16.4. The smallest absolute Gasteiger partial charge is 0.335 e. The van der Waals surface area contributed by atoms with E-state index in [2.05, 4.69) is 0 Å². The van der Waals surface area contributed by atoms with E-state index in [0.717, 1.165) is 4.57 Å². The molecule has 0 aliphatic rings. The molecule has 18 heavy (non-hydrogen) atoms. The Morgan fingerprint density at radius 1 is 0.833 bits per heavy atom. The van der Waals surface area contributed by atoms with Crippen molar-refractivity contribution in [3.05, 3.63) is 47.5 Å². The number of nitrogens with zero attached hydrogens (tertiary/aromatic N) is 1. The average molecular weight is 247 g/mol. The van der Waals surface area contributed by atoms with Crippen LogP contribution in [0.2, 0.25) is 0 Å². The van der Waals surface area contributed by atoms with Gasteiger partial charge >= 0.3 is 5.97 Å². The molecule has 0 radical (unpaired) electrons. The van der Waals surface area contributed by atoms with Crippen LogP contribution in [0, 0.1) is 0 Å². The molecule has 1 heterocycles. The number of benzene rings is 1. The molecule has 0 spiro atoms. The Labute approximate surface area is 101 Å². The SMILES string of the molecule is O=C(O)c1ccc(C(=O)n2c(O)ccc2O)cc1. The summed E-state index contributed by atoms with van der Waals surface area (Å²) in [5, 5.41) is 27.5. The van der Waals surface area contributed by atoms with Gasteiger partial charge in [-0.05, 0) is 24.3 Å².